The van der Waals surface area contributed by atoms with E-state index in [1.54, 1.807) is 0 Å². The van der Waals surface area contributed by atoms with Crippen LogP contribution >= 0.6 is 31.9 Å². The second kappa shape index (κ2) is 21.7. The summed E-state index contributed by atoms with van der Waals surface area (Å²) < 4.78 is 6.34. The van der Waals surface area contributed by atoms with Crippen LogP contribution < -0.4 is 20.8 Å². The normalized spacial score (nSPS) is 14.2. The van der Waals surface area contributed by atoms with Crippen LogP contribution in [0.15, 0.2) is 94.4 Å². The summed E-state index contributed by atoms with van der Waals surface area (Å²) in [6, 6.07) is 21.1. The van der Waals surface area contributed by atoms with Crippen LogP contribution in [0.3, 0.4) is 0 Å². The zero-order valence-corrected chi connectivity index (χ0v) is 34.8. The summed E-state index contributed by atoms with van der Waals surface area (Å²) in [5.41, 5.74) is 5.54. The van der Waals surface area contributed by atoms with Gasteiger partial charge in [-0.25, -0.2) is 9.97 Å². The molecule has 0 saturated heterocycles. The Hall–Kier alpha value is -4.30. The second-order valence-corrected chi connectivity index (χ2v) is 15.0. The molecule has 0 atom stereocenters. The van der Waals surface area contributed by atoms with Crippen molar-refractivity contribution in [3.8, 4) is 22.8 Å². The number of carbonyl (C=O) groups is 2. The number of carboxylic acids is 2. The molecule has 2 saturated carbocycles. The molecule has 2 aliphatic carbocycles. The van der Waals surface area contributed by atoms with Gasteiger partial charge in [-0.3, -0.25) is 18.8 Å². The van der Waals surface area contributed by atoms with E-state index in [1.807, 2.05) is 73.1 Å². The molecule has 12 nitrogen and oxygen atoms in total. The maximum Gasteiger partial charge on any atom is 2.00 e. The van der Waals surface area contributed by atoms with Crippen LogP contribution in [-0.2, 0) is 26.7 Å². The quantitative estimate of drug-likeness (QED) is 0.162. The molecule has 0 amide bonds. The number of carbonyl (C=O) groups excluding carboxylic acids is 2. The number of aromatic nitrogens is 6. The first-order chi connectivity index (χ1) is 26.1. The fourth-order valence-electron chi connectivity index (χ4n) is 6.56. The molecule has 2 N–H and O–H groups in total. The van der Waals surface area contributed by atoms with Gasteiger partial charge in [0.1, 0.15) is 34.3 Å². The number of halogens is 2. The van der Waals surface area contributed by atoms with Crippen molar-refractivity contribution in [1.82, 2.24) is 28.7 Å². The number of anilines is 2. The van der Waals surface area contributed by atoms with Crippen molar-refractivity contribution in [2.75, 3.05) is 10.6 Å². The molecule has 0 aliphatic heterocycles. The van der Waals surface area contributed by atoms with Gasteiger partial charge < -0.3 is 30.4 Å². The Bertz CT molecular complexity index is 1960. The van der Waals surface area contributed by atoms with Gasteiger partial charge in [0.25, 0.3) is 0 Å². The number of fused-ring (bicyclic) bond motifs is 2. The van der Waals surface area contributed by atoms with Gasteiger partial charge >= 0.3 is 17.1 Å². The molecule has 0 bridgehead atoms. The molecule has 293 valence electrons. The van der Waals surface area contributed by atoms with Crippen LogP contribution in [0.2, 0.25) is 0 Å². The molecule has 8 rings (SSSR count). The number of imidazole rings is 2. The number of pyridine rings is 4. The van der Waals surface area contributed by atoms with Gasteiger partial charge in [-0.1, -0.05) is 50.7 Å². The maximum atomic E-state index is 8.89. The molecule has 2 aliphatic rings. The predicted octanol–water partition coefficient (Wildman–Crippen LogP) is 7.32. The molecule has 6 aromatic rings. The third kappa shape index (κ3) is 12.9. The molecule has 2 fully saturated rings. The van der Waals surface area contributed by atoms with E-state index in [1.165, 1.54) is 64.2 Å². The number of nitrogens with one attached hydrogen (secondary N) is 2. The number of carboxylic acid groups (broad SMARTS) is 2. The fourth-order valence-corrected chi connectivity index (χ4v) is 7.23. The standard InChI is InChI=1S/2C18H19BrN4.2C2H4O2.Cu/c2*19-13-9-10-16-22-17(15-8-4-5-11-20-15)18(23(16)12-13)21-14-6-2-1-3-7-14;2*1-2(3)4;/h2*4-5,8-12,14,21H,1-3,6-7H2;2*1H3,(H,3,4);/q;;;;+2/p-2. The average Bonchev–Trinajstić information content (AvgIpc) is 3.70. The van der Waals surface area contributed by atoms with Gasteiger partial charge in [0, 0.05) is 57.8 Å². The number of hydrogen-bond donors (Lipinski definition) is 2. The van der Waals surface area contributed by atoms with Crippen molar-refractivity contribution in [3.05, 3.63) is 94.4 Å². The van der Waals surface area contributed by atoms with E-state index in [-0.39, 0.29) is 17.1 Å². The SMILES string of the molecule is Brc1ccc2nc(-c3ccccn3)c(NC3CCCCC3)n2c1.Brc1ccc2nc(-c3ccccn3)c(NC3CCCCC3)n2c1.CC(=O)[O-].CC(=O)[O-].[Cu+2]. The third-order valence-electron chi connectivity index (χ3n) is 8.87. The van der Waals surface area contributed by atoms with Crippen LogP contribution in [-0.4, -0.2) is 52.8 Å². The molecule has 1 radical (unpaired) electrons. The largest absolute Gasteiger partial charge is 2.00 e. The minimum atomic E-state index is -1.08. The van der Waals surface area contributed by atoms with Crippen molar-refractivity contribution in [3.63, 3.8) is 0 Å². The van der Waals surface area contributed by atoms with Crippen molar-refractivity contribution in [2.45, 2.75) is 90.1 Å². The molecule has 0 unspecified atom stereocenters. The van der Waals surface area contributed by atoms with E-state index >= 15 is 0 Å². The topological polar surface area (TPSA) is 165 Å². The molecule has 55 heavy (non-hydrogen) atoms. The number of nitrogens with zero attached hydrogens (tertiary/aromatic N) is 6. The molecular formula is C40H44Br2CuN8O4. The maximum absolute atomic E-state index is 8.89. The zero-order chi connectivity index (χ0) is 38.5. The Balaban J connectivity index is 0.000000202. The van der Waals surface area contributed by atoms with Gasteiger partial charge in [-0.15, -0.1) is 0 Å². The first-order valence-electron chi connectivity index (χ1n) is 18.1. The van der Waals surface area contributed by atoms with Crippen molar-refractivity contribution in [2.24, 2.45) is 0 Å². The molecule has 0 aromatic carbocycles. The van der Waals surface area contributed by atoms with Crippen LogP contribution in [0.1, 0.15) is 78.1 Å². The molecule has 15 heteroatoms. The van der Waals surface area contributed by atoms with Gasteiger partial charge in [0.2, 0.25) is 0 Å². The monoisotopic (exact) mass is 921 g/mol. The predicted molar refractivity (Wildman–Crippen MR) is 215 cm³/mol. The van der Waals surface area contributed by atoms with E-state index in [4.69, 9.17) is 29.8 Å². The number of rotatable bonds is 6. The Morgan fingerprint density at radius 3 is 1.31 bits per heavy atom. The van der Waals surface area contributed by atoms with Crippen molar-refractivity contribution >= 4 is 66.7 Å². The summed E-state index contributed by atoms with van der Waals surface area (Å²) in [6.45, 7) is 1.94. The van der Waals surface area contributed by atoms with E-state index in [0.29, 0.717) is 12.1 Å². The summed E-state index contributed by atoms with van der Waals surface area (Å²) in [6.07, 6.45) is 20.6. The first-order valence-corrected chi connectivity index (χ1v) is 19.7. The third-order valence-corrected chi connectivity index (χ3v) is 9.81. The van der Waals surface area contributed by atoms with Gasteiger partial charge in [-0.2, -0.15) is 0 Å². The second-order valence-electron chi connectivity index (χ2n) is 13.1. The number of hydrogen-bond acceptors (Lipinski definition) is 10. The van der Waals surface area contributed by atoms with Crippen LogP contribution in [0, 0.1) is 0 Å². The van der Waals surface area contributed by atoms with Crippen LogP contribution in [0.5, 0.6) is 0 Å². The summed E-state index contributed by atoms with van der Waals surface area (Å²) >= 11 is 7.13. The minimum absolute atomic E-state index is 0. The van der Waals surface area contributed by atoms with Crippen molar-refractivity contribution in [1.29, 1.82) is 0 Å². The molecule has 0 spiro atoms. The summed E-state index contributed by atoms with van der Waals surface area (Å²) in [4.78, 5) is 36.4. The minimum Gasteiger partial charge on any atom is -0.550 e. The van der Waals surface area contributed by atoms with Crippen LogP contribution in [0.4, 0.5) is 11.6 Å². The van der Waals surface area contributed by atoms with Gasteiger partial charge in [-0.05, 0) is 120 Å². The Labute approximate surface area is 348 Å². The van der Waals surface area contributed by atoms with E-state index in [9.17, 15) is 0 Å². The van der Waals surface area contributed by atoms with E-state index in [0.717, 1.165) is 68.5 Å². The zero-order valence-electron chi connectivity index (χ0n) is 30.7. The smallest absolute Gasteiger partial charge is 0.550 e. The van der Waals surface area contributed by atoms with Crippen molar-refractivity contribution < 1.29 is 36.9 Å². The summed E-state index contributed by atoms with van der Waals surface area (Å²) in [5, 5.41) is 25.3. The molecule has 6 heterocycles. The summed E-state index contributed by atoms with van der Waals surface area (Å²) in [7, 11) is 0. The molecular weight excluding hydrogens is 880 g/mol. The molecule has 6 aromatic heterocycles. The fraction of sp³-hybridized carbons (Fsp3) is 0.350. The summed E-state index contributed by atoms with van der Waals surface area (Å²) in [5.74, 6) is -0.0706. The average molecular weight is 924 g/mol. The van der Waals surface area contributed by atoms with Crippen LogP contribution in [0.25, 0.3) is 34.1 Å². The van der Waals surface area contributed by atoms with E-state index in [2.05, 4.69) is 73.7 Å². The van der Waals surface area contributed by atoms with Gasteiger partial charge in [0.05, 0.1) is 11.4 Å². The Morgan fingerprint density at radius 2 is 0.982 bits per heavy atom. The Morgan fingerprint density at radius 1 is 0.618 bits per heavy atom. The number of aliphatic carboxylic acids is 2. The van der Waals surface area contributed by atoms with Gasteiger partial charge in [0.15, 0.2) is 0 Å². The van der Waals surface area contributed by atoms with E-state index < -0.39 is 11.9 Å². The Kier molecular flexibility index (Phi) is 17.1. The first kappa shape index (κ1) is 43.4.